The fraction of sp³-hybridized carbons (Fsp3) is 0.556. The molecule has 1 saturated heterocycles. The third-order valence-electron chi connectivity index (χ3n) is 4.16. The summed E-state index contributed by atoms with van der Waals surface area (Å²) < 4.78 is 5.57. The Morgan fingerprint density at radius 2 is 1.75 bits per heavy atom. The van der Waals surface area contributed by atoms with Gasteiger partial charge in [0, 0.05) is 32.7 Å². The number of aryl methyl sites for hydroxylation is 1. The van der Waals surface area contributed by atoms with E-state index in [4.69, 9.17) is 4.74 Å². The van der Waals surface area contributed by atoms with Crippen molar-refractivity contribution in [1.29, 1.82) is 0 Å². The van der Waals surface area contributed by atoms with Crippen LogP contribution in [0.5, 0.6) is 5.75 Å². The standard InChI is InChI=1S/C18H27N3O3/c1-3-15-5-7-16(8-6-15)24-14-18(23)21-11-9-20(10-12-21)13-17(22)19-4-2/h5-8H,3-4,9-14H2,1-2H3,(H,19,22). The normalized spacial score (nSPS) is 15.2. The van der Waals surface area contributed by atoms with Gasteiger partial charge >= 0.3 is 0 Å². The molecule has 1 N–H and O–H groups in total. The van der Waals surface area contributed by atoms with Crippen molar-refractivity contribution in [3.8, 4) is 5.75 Å². The van der Waals surface area contributed by atoms with Gasteiger partial charge in [-0.3, -0.25) is 14.5 Å². The maximum atomic E-state index is 12.2. The first-order valence-corrected chi connectivity index (χ1v) is 8.61. The maximum absolute atomic E-state index is 12.2. The maximum Gasteiger partial charge on any atom is 0.260 e. The number of hydrogen-bond acceptors (Lipinski definition) is 4. The summed E-state index contributed by atoms with van der Waals surface area (Å²) in [6.45, 7) is 7.82. The van der Waals surface area contributed by atoms with Gasteiger partial charge in [-0.25, -0.2) is 0 Å². The number of piperazine rings is 1. The van der Waals surface area contributed by atoms with Gasteiger partial charge in [0.1, 0.15) is 5.75 Å². The number of carbonyl (C=O) groups excluding carboxylic acids is 2. The first-order valence-electron chi connectivity index (χ1n) is 8.61. The molecule has 0 atom stereocenters. The van der Waals surface area contributed by atoms with Gasteiger partial charge in [0.2, 0.25) is 5.91 Å². The quantitative estimate of drug-likeness (QED) is 0.806. The Morgan fingerprint density at radius 1 is 1.08 bits per heavy atom. The van der Waals surface area contributed by atoms with Crippen molar-refractivity contribution in [3.63, 3.8) is 0 Å². The molecule has 2 rings (SSSR count). The van der Waals surface area contributed by atoms with Gasteiger partial charge in [-0.05, 0) is 31.0 Å². The van der Waals surface area contributed by atoms with E-state index in [2.05, 4.69) is 17.1 Å². The first-order chi connectivity index (χ1) is 11.6. The van der Waals surface area contributed by atoms with Crippen LogP contribution in [-0.2, 0) is 16.0 Å². The number of likely N-dealkylation sites (N-methyl/N-ethyl adjacent to an activating group) is 1. The monoisotopic (exact) mass is 333 g/mol. The summed E-state index contributed by atoms with van der Waals surface area (Å²) in [5, 5.41) is 2.79. The van der Waals surface area contributed by atoms with Crippen LogP contribution in [0.1, 0.15) is 19.4 Å². The number of ether oxygens (including phenoxy) is 1. The number of nitrogens with zero attached hydrogens (tertiary/aromatic N) is 2. The number of nitrogens with one attached hydrogen (secondary N) is 1. The highest BCUT2D eigenvalue weighted by Gasteiger charge is 2.22. The molecule has 0 radical (unpaired) electrons. The molecule has 1 aromatic carbocycles. The Labute approximate surface area is 143 Å². The summed E-state index contributed by atoms with van der Waals surface area (Å²) in [6.07, 6.45) is 0.986. The molecule has 0 unspecified atom stereocenters. The molecule has 6 nitrogen and oxygen atoms in total. The lowest BCUT2D eigenvalue weighted by Crippen LogP contribution is -2.52. The second-order valence-electron chi connectivity index (χ2n) is 5.90. The average molecular weight is 333 g/mol. The Morgan fingerprint density at radius 3 is 2.33 bits per heavy atom. The minimum atomic E-state index is -0.00720. The third-order valence-corrected chi connectivity index (χ3v) is 4.16. The number of carbonyl (C=O) groups is 2. The van der Waals surface area contributed by atoms with E-state index in [9.17, 15) is 9.59 Å². The zero-order valence-electron chi connectivity index (χ0n) is 14.6. The summed E-state index contributed by atoms with van der Waals surface area (Å²) in [6, 6.07) is 7.83. The molecule has 2 amide bonds. The highest BCUT2D eigenvalue weighted by molar-refractivity contribution is 5.79. The Kier molecular flexibility index (Phi) is 7.06. The predicted molar refractivity (Wildman–Crippen MR) is 93.0 cm³/mol. The summed E-state index contributed by atoms with van der Waals surface area (Å²) in [5.74, 6) is 0.749. The van der Waals surface area contributed by atoms with E-state index in [-0.39, 0.29) is 18.4 Å². The molecule has 1 aliphatic heterocycles. The third kappa shape index (κ3) is 5.53. The topological polar surface area (TPSA) is 61.9 Å². The van der Waals surface area contributed by atoms with Crippen LogP contribution < -0.4 is 10.1 Å². The van der Waals surface area contributed by atoms with E-state index in [1.807, 2.05) is 31.2 Å². The van der Waals surface area contributed by atoms with Crippen molar-refractivity contribution in [2.24, 2.45) is 0 Å². The summed E-state index contributed by atoms with van der Waals surface area (Å²) in [4.78, 5) is 27.7. The Bertz CT molecular complexity index is 537. The fourth-order valence-corrected chi connectivity index (χ4v) is 2.67. The molecular formula is C18H27N3O3. The van der Waals surface area contributed by atoms with E-state index < -0.39 is 0 Å². The second kappa shape index (κ2) is 9.27. The largest absolute Gasteiger partial charge is 0.484 e. The van der Waals surface area contributed by atoms with Gasteiger partial charge in [0.05, 0.1) is 6.54 Å². The van der Waals surface area contributed by atoms with E-state index in [1.54, 1.807) is 4.90 Å². The number of benzene rings is 1. The minimum absolute atomic E-state index is 0.00720. The highest BCUT2D eigenvalue weighted by atomic mass is 16.5. The molecule has 1 fully saturated rings. The van der Waals surface area contributed by atoms with E-state index in [0.29, 0.717) is 39.3 Å². The molecule has 1 aromatic rings. The molecule has 0 aromatic heterocycles. The van der Waals surface area contributed by atoms with Gasteiger partial charge < -0.3 is 15.0 Å². The predicted octanol–water partition coefficient (Wildman–Crippen LogP) is 0.908. The lowest BCUT2D eigenvalue weighted by atomic mass is 10.2. The lowest BCUT2D eigenvalue weighted by molar-refractivity contribution is -0.135. The van der Waals surface area contributed by atoms with Crippen molar-refractivity contribution < 1.29 is 14.3 Å². The van der Waals surface area contributed by atoms with Gasteiger partial charge in [-0.15, -0.1) is 0 Å². The minimum Gasteiger partial charge on any atom is -0.484 e. The summed E-state index contributed by atoms with van der Waals surface area (Å²) in [5.41, 5.74) is 1.25. The highest BCUT2D eigenvalue weighted by Crippen LogP contribution is 2.13. The zero-order valence-corrected chi connectivity index (χ0v) is 14.6. The molecule has 0 spiro atoms. The van der Waals surface area contributed by atoms with Crippen molar-refractivity contribution >= 4 is 11.8 Å². The fourth-order valence-electron chi connectivity index (χ4n) is 2.67. The molecule has 0 bridgehead atoms. The van der Waals surface area contributed by atoms with E-state index in [1.165, 1.54) is 5.56 Å². The second-order valence-corrected chi connectivity index (χ2v) is 5.90. The van der Waals surface area contributed by atoms with Crippen LogP contribution in [0.4, 0.5) is 0 Å². The van der Waals surface area contributed by atoms with E-state index >= 15 is 0 Å². The van der Waals surface area contributed by atoms with Crippen molar-refractivity contribution in [1.82, 2.24) is 15.1 Å². The Balaban J connectivity index is 1.71. The van der Waals surface area contributed by atoms with E-state index in [0.717, 1.165) is 12.2 Å². The molecule has 1 aliphatic rings. The van der Waals surface area contributed by atoms with Crippen molar-refractivity contribution in [2.75, 3.05) is 45.9 Å². The van der Waals surface area contributed by atoms with Crippen molar-refractivity contribution in [3.05, 3.63) is 29.8 Å². The van der Waals surface area contributed by atoms with Gasteiger partial charge in [-0.1, -0.05) is 19.1 Å². The van der Waals surface area contributed by atoms with Gasteiger partial charge in [0.25, 0.3) is 5.91 Å². The molecule has 24 heavy (non-hydrogen) atoms. The molecule has 0 aliphatic carbocycles. The van der Waals surface area contributed by atoms with Gasteiger partial charge in [0.15, 0.2) is 6.61 Å². The average Bonchev–Trinajstić information content (AvgIpc) is 2.61. The first kappa shape index (κ1) is 18.3. The van der Waals surface area contributed by atoms with Crippen molar-refractivity contribution in [2.45, 2.75) is 20.3 Å². The zero-order chi connectivity index (χ0) is 17.4. The smallest absolute Gasteiger partial charge is 0.260 e. The lowest BCUT2D eigenvalue weighted by Gasteiger charge is -2.34. The van der Waals surface area contributed by atoms with Crippen LogP contribution in [-0.4, -0.2) is 67.5 Å². The summed E-state index contributed by atoms with van der Waals surface area (Å²) >= 11 is 0. The molecule has 6 heteroatoms. The van der Waals surface area contributed by atoms with Crippen LogP contribution in [0, 0.1) is 0 Å². The molecule has 1 heterocycles. The van der Waals surface area contributed by atoms with Crippen LogP contribution in [0.25, 0.3) is 0 Å². The Hall–Kier alpha value is -2.08. The SMILES string of the molecule is CCNC(=O)CN1CCN(C(=O)COc2ccc(CC)cc2)CC1. The number of hydrogen-bond donors (Lipinski definition) is 1. The van der Waals surface area contributed by atoms with Crippen LogP contribution >= 0.6 is 0 Å². The van der Waals surface area contributed by atoms with Crippen LogP contribution in [0.15, 0.2) is 24.3 Å². The number of amides is 2. The van der Waals surface area contributed by atoms with Crippen LogP contribution in [0.2, 0.25) is 0 Å². The van der Waals surface area contributed by atoms with Gasteiger partial charge in [-0.2, -0.15) is 0 Å². The molecular weight excluding hydrogens is 306 g/mol. The molecule has 132 valence electrons. The number of rotatable bonds is 7. The molecule has 0 saturated carbocycles. The van der Waals surface area contributed by atoms with Crippen LogP contribution in [0.3, 0.4) is 0 Å². The summed E-state index contributed by atoms with van der Waals surface area (Å²) in [7, 11) is 0.